The van der Waals surface area contributed by atoms with E-state index in [0.717, 1.165) is 23.2 Å². The molecular formula is C21H24F2N3O8P. The lowest BCUT2D eigenvalue weighted by Crippen LogP contribution is -2.47. The highest BCUT2D eigenvalue weighted by atomic mass is 31.2. The van der Waals surface area contributed by atoms with Crippen LogP contribution in [0.3, 0.4) is 0 Å². The maximum absolute atomic E-state index is 13.9. The fourth-order valence-electron chi connectivity index (χ4n) is 3.62. The Bertz CT molecular complexity index is 1250. The summed E-state index contributed by atoms with van der Waals surface area (Å²) in [6.45, 7) is 1.26. The predicted molar refractivity (Wildman–Crippen MR) is 118 cm³/mol. The number of benzene rings is 1. The molecule has 2 aromatic rings. The SMILES string of the molecule is CCOCC1CN(CCP(=O)(O)O)C(=O)c2c(O)c(=O)c(C(=O)NCc3ccc(F)cc3F)cn21. The number of amides is 2. The van der Waals surface area contributed by atoms with Gasteiger partial charge in [-0.3, -0.25) is 18.9 Å². The normalized spacial score (nSPS) is 15.7. The summed E-state index contributed by atoms with van der Waals surface area (Å²) in [7, 11) is -4.42. The number of nitrogens with zero attached hydrogens (tertiary/aromatic N) is 2. The Hall–Kier alpha value is -3.12. The first-order valence-corrected chi connectivity index (χ1v) is 12.3. The number of halogens is 2. The molecule has 0 spiro atoms. The third kappa shape index (κ3) is 6.12. The molecule has 0 aliphatic carbocycles. The van der Waals surface area contributed by atoms with Crippen molar-refractivity contribution in [3.05, 3.63) is 63.1 Å². The number of rotatable bonds is 9. The molecule has 0 bridgehead atoms. The summed E-state index contributed by atoms with van der Waals surface area (Å²) in [5.41, 5.74) is -2.16. The monoisotopic (exact) mass is 515 g/mol. The van der Waals surface area contributed by atoms with Gasteiger partial charge in [0.15, 0.2) is 11.4 Å². The lowest BCUT2D eigenvalue weighted by molar-refractivity contribution is 0.0535. The molecule has 0 radical (unpaired) electrons. The molecule has 1 aromatic carbocycles. The van der Waals surface area contributed by atoms with E-state index < -0.39 is 65.7 Å². The second kappa shape index (κ2) is 10.6. The van der Waals surface area contributed by atoms with Gasteiger partial charge in [0.05, 0.1) is 18.8 Å². The molecule has 4 N–H and O–H groups in total. The number of pyridine rings is 1. The first-order valence-electron chi connectivity index (χ1n) is 10.5. The van der Waals surface area contributed by atoms with Crippen molar-refractivity contribution in [3.63, 3.8) is 0 Å². The van der Waals surface area contributed by atoms with Crippen LogP contribution in [0, 0.1) is 11.6 Å². The van der Waals surface area contributed by atoms with Crippen molar-refractivity contribution in [2.75, 3.05) is 32.5 Å². The second-order valence-corrected chi connectivity index (χ2v) is 9.62. The smallest absolute Gasteiger partial charge is 0.327 e. The maximum Gasteiger partial charge on any atom is 0.327 e. The van der Waals surface area contributed by atoms with Crippen LogP contribution in [0.5, 0.6) is 5.75 Å². The van der Waals surface area contributed by atoms with E-state index >= 15 is 0 Å². The molecule has 35 heavy (non-hydrogen) atoms. The van der Waals surface area contributed by atoms with Gasteiger partial charge in [-0.15, -0.1) is 0 Å². The van der Waals surface area contributed by atoms with E-state index in [1.807, 2.05) is 0 Å². The van der Waals surface area contributed by atoms with Crippen molar-refractivity contribution in [2.24, 2.45) is 0 Å². The van der Waals surface area contributed by atoms with Gasteiger partial charge in [0.1, 0.15) is 17.2 Å². The van der Waals surface area contributed by atoms with Crippen LogP contribution in [0.4, 0.5) is 8.78 Å². The molecule has 14 heteroatoms. The van der Waals surface area contributed by atoms with E-state index in [9.17, 15) is 32.8 Å². The summed E-state index contributed by atoms with van der Waals surface area (Å²) in [5, 5.41) is 12.9. The largest absolute Gasteiger partial charge is 0.503 e. The number of ether oxygens (including phenoxy) is 1. The first kappa shape index (κ1) is 26.5. The van der Waals surface area contributed by atoms with Crippen LogP contribution >= 0.6 is 7.60 Å². The minimum Gasteiger partial charge on any atom is -0.503 e. The van der Waals surface area contributed by atoms with Gasteiger partial charge in [-0.1, -0.05) is 6.07 Å². The molecular weight excluding hydrogens is 491 g/mol. The number of hydrogen-bond donors (Lipinski definition) is 4. The third-order valence-corrected chi connectivity index (χ3v) is 6.18. The lowest BCUT2D eigenvalue weighted by Gasteiger charge is -2.36. The average Bonchev–Trinajstić information content (AvgIpc) is 2.78. The Balaban J connectivity index is 1.93. The number of fused-ring (bicyclic) bond motifs is 1. The van der Waals surface area contributed by atoms with Crippen LogP contribution in [0.2, 0.25) is 0 Å². The quantitative estimate of drug-likeness (QED) is 0.360. The van der Waals surface area contributed by atoms with Crippen molar-refractivity contribution < 1.29 is 42.6 Å². The van der Waals surface area contributed by atoms with Crippen molar-refractivity contribution in [3.8, 4) is 5.75 Å². The maximum atomic E-state index is 13.9. The van der Waals surface area contributed by atoms with Gasteiger partial charge < -0.3 is 34.4 Å². The number of aromatic nitrogens is 1. The van der Waals surface area contributed by atoms with Crippen LogP contribution in [0.1, 0.15) is 39.4 Å². The summed E-state index contributed by atoms with van der Waals surface area (Å²) >= 11 is 0. The van der Waals surface area contributed by atoms with E-state index in [1.54, 1.807) is 6.92 Å². The Labute approximate surface area is 198 Å². The van der Waals surface area contributed by atoms with Gasteiger partial charge in [0.25, 0.3) is 11.8 Å². The summed E-state index contributed by atoms with van der Waals surface area (Å²) in [5.74, 6) is -4.52. The fraction of sp³-hybridized carbons (Fsp3) is 0.381. The summed E-state index contributed by atoms with van der Waals surface area (Å²) in [4.78, 5) is 57.7. The van der Waals surface area contributed by atoms with E-state index in [0.29, 0.717) is 12.7 Å². The Morgan fingerprint density at radius 2 is 2.00 bits per heavy atom. The van der Waals surface area contributed by atoms with Crippen molar-refractivity contribution in [1.82, 2.24) is 14.8 Å². The molecule has 1 aliphatic heterocycles. The Morgan fingerprint density at radius 1 is 1.29 bits per heavy atom. The van der Waals surface area contributed by atoms with Gasteiger partial charge in [-0.2, -0.15) is 0 Å². The van der Waals surface area contributed by atoms with Crippen molar-refractivity contribution in [2.45, 2.75) is 19.5 Å². The zero-order chi connectivity index (χ0) is 25.9. The van der Waals surface area contributed by atoms with Gasteiger partial charge in [-0.05, 0) is 13.0 Å². The average molecular weight is 515 g/mol. The standard InChI is InChI=1S/C21H24F2N3O8P/c1-2-34-11-14-9-25(5-6-35(31,32)33)21(30)17-19(28)18(27)15(10-26(14)17)20(29)24-8-12-3-4-13(22)7-16(12)23/h3-4,7,10,14,28H,2,5-6,8-9,11H2,1H3,(H,24,29)(H2,31,32,33). The Morgan fingerprint density at radius 3 is 2.63 bits per heavy atom. The van der Waals surface area contributed by atoms with E-state index in [4.69, 9.17) is 14.5 Å². The highest BCUT2D eigenvalue weighted by Gasteiger charge is 2.36. The molecule has 190 valence electrons. The third-order valence-electron chi connectivity index (χ3n) is 5.40. The number of nitrogens with one attached hydrogen (secondary N) is 1. The summed E-state index contributed by atoms with van der Waals surface area (Å²) in [6.07, 6.45) is 0.459. The van der Waals surface area contributed by atoms with Gasteiger partial charge in [0.2, 0.25) is 5.43 Å². The number of carbonyl (C=O) groups is 2. The molecule has 2 heterocycles. The number of aromatic hydroxyl groups is 1. The van der Waals surface area contributed by atoms with Crippen LogP contribution in [-0.2, 0) is 15.8 Å². The number of hydrogen-bond acceptors (Lipinski definition) is 6. The van der Waals surface area contributed by atoms with E-state index in [1.165, 1.54) is 4.57 Å². The molecule has 1 atom stereocenters. The zero-order valence-electron chi connectivity index (χ0n) is 18.6. The first-order chi connectivity index (χ1) is 16.4. The molecule has 0 saturated heterocycles. The molecule has 2 amide bonds. The minimum atomic E-state index is -4.42. The molecule has 1 aliphatic rings. The highest BCUT2D eigenvalue weighted by Crippen LogP contribution is 2.35. The zero-order valence-corrected chi connectivity index (χ0v) is 19.5. The molecule has 0 fully saturated rings. The summed E-state index contributed by atoms with van der Waals surface area (Å²) < 4.78 is 44.8. The number of carbonyl (C=O) groups excluding carboxylic acids is 2. The lowest BCUT2D eigenvalue weighted by atomic mass is 10.1. The van der Waals surface area contributed by atoms with Crippen molar-refractivity contribution >= 4 is 19.4 Å². The molecule has 0 saturated carbocycles. The highest BCUT2D eigenvalue weighted by molar-refractivity contribution is 7.51. The van der Waals surface area contributed by atoms with Crippen LogP contribution < -0.4 is 10.7 Å². The van der Waals surface area contributed by atoms with E-state index in [2.05, 4.69) is 5.32 Å². The summed E-state index contributed by atoms with van der Waals surface area (Å²) in [6, 6.07) is 2.09. The molecule has 3 rings (SSSR count). The Kier molecular flexibility index (Phi) is 8.06. The molecule has 1 unspecified atom stereocenters. The molecule has 1 aromatic heterocycles. The van der Waals surface area contributed by atoms with E-state index in [-0.39, 0.29) is 31.8 Å². The topological polar surface area (TPSA) is 158 Å². The van der Waals surface area contributed by atoms with Crippen molar-refractivity contribution in [1.29, 1.82) is 0 Å². The van der Waals surface area contributed by atoms with Crippen LogP contribution in [0.15, 0.2) is 29.2 Å². The van der Waals surface area contributed by atoms with Crippen LogP contribution in [0.25, 0.3) is 0 Å². The van der Waals surface area contributed by atoms with Crippen LogP contribution in [-0.4, -0.2) is 68.6 Å². The van der Waals surface area contributed by atoms with Gasteiger partial charge in [-0.25, -0.2) is 8.78 Å². The predicted octanol–water partition coefficient (Wildman–Crippen LogP) is 0.973. The second-order valence-electron chi connectivity index (χ2n) is 7.85. The fourth-order valence-corrected chi connectivity index (χ4v) is 4.12. The van der Waals surface area contributed by atoms with Gasteiger partial charge in [0, 0.05) is 44.1 Å². The minimum absolute atomic E-state index is 0.00729. The van der Waals surface area contributed by atoms with Gasteiger partial charge >= 0.3 is 7.60 Å². The molecule has 11 nitrogen and oxygen atoms in total.